The Balaban J connectivity index is 3.77. The minimum atomic E-state index is -5.48. The van der Waals surface area contributed by atoms with Crippen LogP contribution in [0.3, 0.4) is 0 Å². The second-order valence-corrected chi connectivity index (χ2v) is 2.54. The predicted molar refractivity (Wildman–Crippen MR) is 36.9 cm³/mol. The van der Waals surface area contributed by atoms with Gasteiger partial charge in [0.2, 0.25) is 0 Å². The molecule has 0 bridgehead atoms. The van der Waals surface area contributed by atoms with E-state index in [4.69, 9.17) is 11.6 Å². The average molecular weight is 227 g/mol. The molecule has 0 saturated carbocycles. The van der Waals surface area contributed by atoms with Crippen LogP contribution in [0.15, 0.2) is 0 Å². The fraction of sp³-hybridized carbons (Fsp3) is 1.00. The van der Waals surface area contributed by atoms with Gasteiger partial charge < -0.3 is 4.74 Å². The van der Waals surface area contributed by atoms with Crippen LogP contribution in [0.1, 0.15) is 12.8 Å². The molecule has 13 heavy (non-hydrogen) atoms. The Hall–Kier alpha value is -0.100. The summed E-state index contributed by atoms with van der Waals surface area (Å²) in [5, 5.41) is 0. The third-order valence-electron chi connectivity index (χ3n) is 1.27. The molecule has 0 aromatic rings. The van der Waals surface area contributed by atoms with Crippen LogP contribution in [0.5, 0.6) is 0 Å². The van der Waals surface area contributed by atoms with E-state index < -0.39 is 18.5 Å². The lowest BCUT2D eigenvalue weighted by molar-refractivity contribution is -0.285. The Kier molecular flexibility index (Phi) is 4.91. The van der Waals surface area contributed by atoms with Gasteiger partial charge >= 0.3 is 12.1 Å². The molecular formula is C6H8ClF5O. The first-order valence-corrected chi connectivity index (χ1v) is 3.93. The van der Waals surface area contributed by atoms with Crippen LogP contribution in [-0.4, -0.2) is 24.8 Å². The lowest BCUT2D eigenvalue weighted by Crippen LogP contribution is -2.36. The second kappa shape index (κ2) is 4.95. The van der Waals surface area contributed by atoms with Gasteiger partial charge in [0.25, 0.3) is 0 Å². The van der Waals surface area contributed by atoms with Gasteiger partial charge in [-0.2, -0.15) is 22.0 Å². The maximum atomic E-state index is 12.1. The van der Waals surface area contributed by atoms with Crippen LogP contribution in [0.4, 0.5) is 22.0 Å². The summed E-state index contributed by atoms with van der Waals surface area (Å²) in [5.41, 5.74) is 0. The highest BCUT2D eigenvalue weighted by molar-refractivity contribution is 6.17. The van der Waals surface area contributed by atoms with Gasteiger partial charge in [0.1, 0.15) is 6.07 Å². The minimum absolute atomic E-state index is 0.199. The molecule has 0 rings (SSSR count). The number of ether oxygens (including phenoxy) is 1. The summed E-state index contributed by atoms with van der Waals surface area (Å²) in [6.07, 6.45) is -7.12. The maximum absolute atomic E-state index is 12.1. The van der Waals surface area contributed by atoms with E-state index in [1.54, 1.807) is 0 Å². The van der Waals surface area contributed by atoms with Crippen molar-refractivity contribution in [2.24, 2.45) is 0 Å². The van der Waals surface area contributed by atoms with Crippen LogP contribution in [-0.2, 0) is 4.74 Å². The Morgan fingerprint density at radius 3 is 2.00 bits per heavy atom. The van der Waals surface area contributed by atoms with E-state index in [0.29, 0.717) is 0 Å². The number of alkyl halides is 6. The highest BCUT2D eigenvalue weighted by atomic mass is 35.5. The molecule has 0 amide bonds. The molecule has 80 valence electrons. The highest BCUT2D eigenvalue weighted by Crippen LogP contribution is 2.38. The smallest absolute Gasteiger partial charge is 0.366 e. The summed E-state index contributed by atoms with van der Waals surface area (Å²) < 4.78 is 63.3. The summed E-state index contributed by atoms with van der Waals surface area (Å²) >= 11 is 5.01. The monoisotopic (exact) mass is 226 g/mol. The van der Waals surface area contributed by atoms with Crippen LogP contribution < -0.4 is 0 Å². The van der Waals surface area contributed by atoms with Gasteiger partial charge in [0.15, 0.2) is 0 Å². The van der Waals surface area contributed by atoms with Crippen molar-refractivity contribution in [2.75, 3.05) is 12.7 Å². The molecule has 0 unspecified atom stereocenters. The number of rotatable bonds is 5. The van der Waals surface area contributed by atoms with E-state index >= 15 is 0 Å². The SMILES string of the molecule is FC(F)(F)C(F)(F)CCCOCCl. The van der Waals surface area contributed by atoms with E-state index in [-0.39, 0.29) is 19.1 Å². The largest absolute Gasteiger partial charge is 0.453 e. The molecule has 0 aromatic carbocycles. The molecule has 0 N–H and O–H groups in total. The van der Waals surface area contributed by atoms with Crippen molar-refractivity contribution in [3.8, 4) is 0 Å². The fourth-order valence-corrected chi connectivity index (χ4v) is 0.702. The molecule has 0 fully saturated rings. The van der Waals surface area contributed by atoms with Crippen molar-refractivity contribution in [2.45, 2.75) is 24.9 Å². The number of hydrogen-bond acceptors (Lipinski definition) is 1. The molecule has 0 aliphatic rings. The van der Waals surface area contributed by atoms with Gasteiger partial charge in [-0.3, -0.25) is 0 Å². The zero-order valence-electron chi connectivity index (χ0n) is 6.50. The van der Waals surface area contributed by atoms with E-state index in [2.05, 4.69) is 4.74 Å². The standard InChI is InChI=1S/C6H8ClF5O/c7-4-13-3-1-2-5(8,9)6(10,11)12/h1-4H2. The Morgan fingerprint density at radius 2 is 1.62 bits per heavy atom. The second-order valence-electron chi connectivity index (χ2n) is 2.32. The van der Waals surface area contributed by atoms with Crippen LogP contribution in [0.2, 0.25) is 0 Å². The van der Waals surface area contributed by atoms with Gasteiger partial charge in [-0.25, -0.2) is 0 Å². The predicted octanol–water partition coefficient (Wildman–Crippen LogP) is 3.18. The first-order valence-electron chi connectivity index (χ1n) is 3.39. The van der Waals surface area contributed by atoms with E-state index in [0.717, 1.165) is 0 Å². The van der Waals surface area contributed by atoms with Gasteiger partial charge in [-0.1, -0.05) is 11.6 Å². The summed E-state index contributed by atoms with van der Waals surface area (Å²) in [7, 11) is 0. The zero-order chi connectivity index (χ0) is 10.5. The van der Waals surface area contributed by atoms with Crippen molar-refractivity contribution in [3.63, 3.8) is 0 Å². The van der Waals surface area contributed by atoms with Crippen molar-refractivity contribution >= 4 is 11.6 Å². The van der Waals surface area contributed by atoms with Gasteiger partial charge in [0.05, 0.1) is 0 Å². The molecule has 0 saturated heterocycles. The van der Waals surface area contributed by atoms with Gasteiger partial charge in [0, 0.05) is 13.0 Å². The molecule has 0 aromatic heterocycles. The molecular weight excluding hydrogens is 219 g/mol. The highest BCUT2D eigenvalue weighted by Gasteiger charge is 2.56. The molecule has 0 heterocycles. The third-order valence-corrected chi connectivity index (χ3v) is 1.43. The topological polar surface area (TPSA) is 9.23 Å². The normalized spacial score (nSPS) is 13.4. The molecule has 0 spiro atoms. The minimum Gasteiger partial charge on any atom is -0.366 e. The Labute approximate surface area is 76.8 Å². The van der Waals surface area contributed by atoms with Crippen molar-refractivity contribution in [1.82, 2.24) is 0 Å². The van der Waals surface area contributed by atoms with E-state index in [1.165, 1.54) is 0 Å². The number of hydrogen-bond donors (Lipinski definition) is 0. The number of halogens is 6. The van der Waals surface area contributed by atoms with E-state index in [1.807, 2.05) is 0 Å². The first kappa shape index (κ1) is 12.9. The Bertz CT molecular complexity index is 146. The average Bonchev–Trinajstić information content (AvgIpc) is 1.96. The molecule has 1 nitrogen and oxygen atoms in total. The fourth-order valence-electron chi connectivity index (χ4n) is 0.593. The summed E-state index contributed by atoms with van der Waals surface area (Å²) in [4.78, 5) is 0. The summed E-state index contributed by atoms with van der Waals surface area (Å²) in [6, 6.07) is -0.211. The Morgan fingerprint density at radius 1 is 1.08 bits per heavy atom. The molecule has 0 radical (unpaired) electrons. The van der Waals surface area contributed by atoms with Crippen LogP contribution in [0, 0.1) is 0 Å². The summed E-state index contributed by atoms with van der Waals surface area (Å²) in [6.45, 7) is -0.199. The lowest BCUT2D eigenvalue weighted by atomic mass is 10.2. The first-order chi connectivity index (χ1) is 5.81. The van der Waals surface area contributed by atoms with Crippen molar-refractivity contribution < 1.29 is 26.7 Å². The van der Waals surface area contributed by atoms with E-state index in [9.17, 15) is 22.0 Å². The molecule has 0 aliphatic heterocycles. The zero-order valence-corrected chi connectivity index (χ0v) is 7.26. The van der Waals surface area contributed by atoms with Crippen LogP contribution in [0.25, 0.3) is 0 Å². The third kappa shape index (κ3) is 4.61. The molecule has 0 atom stereocenters. The lowest BCUT2D eigenvalue weighted by Gasteiger charge is -2.18. The maximum Gasteiger partial charge on any atom is 0.453 e. The van der Waals surface area contributed by atoms with Gasteiger partial charge in [-0.05, 0) is 6.42 Å². The molecule has 7 heteroatoms. The van der Waals surface area contributed by atoms with Crippen molar-refractivity contribution in [1.29, 1.82) is 0 Å². The van der Waals surface area contributed by atoms with Crippen LogP contribution >= 0.6 is 11.6 Å². The van der Waals surface area contributed by atoms with Gasteiger partial charge in [-0.15, -0.1) is 0 Å². The quantitative estimate of drug-likeness (QED) is 0.397. The summed E-state index contributed by atoms with van der Waals surface area (Å²) in [5.74, 6) is -4.64. The molecule has 0 aliphatic carbocycles. The van der Waals surface area contributed by atoms with Crippen molar-refractivity contribution in [3.05, 3.63) is 0 Å².